The third-order valence-electron chi connectivity index (χ3n) is 4.46. The molecule has 0 aromatic heterocycles. The molecule has 0 heterocycles. The van der Waals surface area contributed by atoms with Gasteiger partial charge in [0, 0.05) is 13.7 Å². The number of hydrogen-bond donors (Lipinski definition) is 2. The fourth-order valence-electron chi connectivity index (χ4n) is 2.90. The molecule has 2 rings (SSSR count). The third kappa shape index (κ3) is 5.57. The van der Waals surface area contributed by atoms with Crippen LogP contribution in [0.3, 0.4) is 0 Å². The van der Waals surface area contributed by atoms with Gasteiger partial charge in [-0.05, 0) is 29.2 Å². The summed E-state index contributed by atoms with van der Waals surface area (Å²) >= 11 is 0. The monoisotopic (exact) mass is 384 g/mol. The van der Waals surface area contributed by atoms with Crippen LogP contribution in [-0.2, 0) is 22.7 Å². The molecule has 0 saturated carbocycles. The summed E-state index contributed by atoms with van der Waals surface area (Å²) in [5.41, 5.74) is 2.40. The highest BCUT2D eigenvalue weighted by molar-refractivity contribution is 5.99. The molecule has 0 spiro atoms. The Morgan fingerprint density at radius 1 is 0.964 bits per heavy atom. The average molecular weight is 384 g/mol. The summed E-state index contributed by atoms with van der Waals surface area (Å²) in [6, 6.07) is 14.0. The SMILES string of the molecule is COCc1ccccc1CNC(=O)C(NC(=O)c1ccccc1OC)C(C)C. The number of benzene rings is 2. The largest absolute Gasteiger partial charge is 0.496 e. The van der Waals surface area contributed by atoms with Crippen molar-refractivity contribution in [2.24, 2.45) is 5.92 Å². The Balaban J connectivity index is 2.07. The first-order chi connectivity index (χ1) is 13.5. The predicted molar refractivity (Wildman–Crippen MR) is 108 cm³/mol. The van der Waals surface area contributed by atoms with Gasteiger partial charge in [0.05, 0.1) is 19.3 Å². The van der Waals surface area contributed by atoms with E-state index in [4.69, 9.17) is 9.47 Å². The van der Waals surface area contributed by atoms with Crippen LogP contribution in [0.2, 0.25) is 0 Å². The van der Waals surface area contributed by atoms with Crippen LogP contribution in [0.1, 0.15) is 35.3 Å². The van der Waals surface area contributed by atoms with Crippen LogP contribution in [0.4, 0.5) is 0 Å². The van der Waals surface area contributed by atoms with Gasteiger partial charge in [-0.25, -0.2) is 0 Å². The summed E-state index contributed by atoms with van der Waals surface area (Å²) in [6.45, 7) is 4.63. The van der Waals surface area contributed by atoms with Gasteiger partial charge in [-0.1, -0.05) is 50.2 Å². The van der Waals surface area contributed by atoms with Gasteiger partial charge in [0.25, 0.3) is 5.91 Å². The van der Waals surface area contributed by atoms with Crippen LogP contribution in [0.15, 0.2) is 48.5 Å². The molecule has 0 radical (unpaired) electrons. The number of carbonyl (C=O) groups is 2. The van der Waals surface area contributed by atoms with Crippen molar-refractivity contribution < 1.29 is 19.1 Å². The maximum Gasteiger partial charge on any atom is 0.255 e. The number of amides is 2. The number of methoxy groups -OCH3 is 2. The lowest BCUT2D eigenvalue weighted by molar-refractivity contribution is -0.124. The van der Waals surface area contributed by atoms with E-state index in [1.165, 1.54) is 7.11 Å². The Labute approximate surface area is 166 Å². The van der Waals surface area contributed by atoms with E-state index >= 15 is 0 Å². The highest BCUT2D eigenvalue weighted by Gasteiger charge is 2.25. The molecular weight excluding hydrogens is 356 g/mol. The molecule has 2 amide bonds. The van der Waals surface area contributed by atoms with Crippen LogP contribution in [0, 0.1) is 5.92 Å². The van der Waals surface area contributed by atoms with Gasteiger partial charge in [0.2, 0.25) is 5.91 Å². The maximum atomic E-state index is 12.8. The number of ether oxygens (including phenoxy) is 2. The molecule has 0 aliphatic carbocycles. The quantitative estimate of drug-likeness (QED) is 0.697. The van der Waals surface area contributed by atoms with Gasteiger partial charge in [-0.2, -0.15) is 0 Å². The molecule has 0 saturated heterocycles. The molecule has 0 bridgehead atoms. The van der Waals surface area contributed by atoms with Crippen molar-refractivity contribution in [2.75, 3.05) is 14.2 Å². The Morgan fingerprint density at radius 2 is 1.61 bits per heavy atom. The second kappa shape index (κ2) is 10.5. The lowest BCUT2D eigenvalue weighted by Gasteiger charge is -2.22. The number of para-hydroxylation sites is 1. The van der Waals surface area contributed by atoms with Crippen LogP contribution >= 0.6 is 0 Å². The van der Waals surface area contributed by atoms with Gasteiger partial charge < -0.3 is 20.1 Å². The summed E-state index contributed by atoms with van der Waals surface area (Å²) in [5.74, 6) is -0.180. The molecular formula is C22H28N2O4. The van der Waals surface area contributed by atoms with E-state index in [2.05, 4.69) is 10.6 Å². The number of rotatable bonds is 9. The smallest absolute Gasteiger partial charge is 0.255 e. The average Bonchev–Trinajstić information content (AvgIpc) is 2.70. The predicted octanol–water partition coefficient (Wildman–Crippen LogP) is 2.91. The number of hydrogen-bond acceptors (Lipinski definition) is 4. The minimum absolute atomic E-state index is 0.0760. The summed E-state index contributed by atoms with van der Waals surface area (Å²) in [7, 11) is 3.15. The maximum absolute atomic E-state index is 12.8. The molecule has 0 aliphatic heterocycles. The second-order valence-electron chi connectivity index (χ2n) is 6.81. The number of nitrogens with one attached hydrogen (secondary N) is 2. The van der Waals surface area contributed by atoms with E-state index in [1.54, 1.807) is 31.4 Å². The molecule has 28 heavy (non-hydrogen) atoms. The van der Waals surface area contributed by atoms with E-state index in [1.807, 2.05) is 38.1 Å². The highest BCUT2D eigenvalue weighted by Crippen LogP contribution is 2.18. The lowest BCUT2D eigenvalue weighted by atomic mass is 10.0. The molecule has 0 fully saturated rings. The van der Waals surface area contributed by atoms with Crippen molar-refractivity contribution in [3.8, 4) is 5.75 Å². The van der Waals surface area contributed by atoms with E-state index in [0.29, 0.717) is 24.5 Å². The Bertz CT molecular complexity index is 805. The zero-order valence-corrected chi connectivity index (χ0v) is 16.8. The van der Waals surface area contributed by atoms with Gasteiger partial charge in [-0.15, -0.1) is 0 Å². The van der Waals surface area contributed by atoms with Crippen molar-refractivity contribution in [3.63, 3.8) is 0 Å². The van der Waals surface area contributed by atoms with Crippen molar-refractivity contribution in [1.29, 1.82) is 0 Å². The minimum atomic E-state index is -0.660. The molecule has 2 N–H and O–H groups in total. The Hall–Kier alpha value is -2.86. The fourth-order valence-corrected chi connectivity index (χ4v) is 2.90. The van der Waals surface area contributed by atoms with Gasteiger partial charge in [0.15, 0.2) is 0 Å². The first kappa shape index (κ1) is 21.4. The van der Waals surface area contributed by atoms with Gasteiger partial charge >= 0.3 is 0 Å². The fraction of sp³-hybridized carbons (Fsp3) is 0.364. The zero-order valence-electron chi connectivity index (χ0n) is 16.8. The lowest BCUT2D eigenvalue weighted by Crippen LogP contribution is -2.49. The van der Waals surface area contributed by atoms with Crippen molar-refractivity contribution in [3.05, 3.63) is 65.2 Å². The first-order valence-corrected chi connectivity index (χ1v) is 9.25. The topological polar surface area (TPSA) is 76.7 Å². The summed E-state index contributed by atoms with van der Waals surface area (Å²) in [5, 5.41) is 5.75. The number of carbonyl (C=O) groups excluding carboxylic acids is 2. The van der Waals surface area contributed by atoms with Crippen LogP contribution in [-0.4, -0.2) is 32.1 Å². The first-order valence-electron chi connectivity index (χ1n) is 9.25. The summed E-state index contributed by atoms with van der Waals surface area (Å²) < 4.78 is 10.4. The van der Waals surface area contributed by atoms with Gasteiger partial charge in [-0.3, -0.25) is 9.59 Å². The molecule has 0 aliphatic rings. The van der Waals surface area contributed by atoms with E-state index < -0.39 is 6.04 Å². The summed E-state index contributed by atoms with van der Waals surface area (Å²) in [6.07, 6.45) is 0. The standard InChI is InChI=1S/C22H28N2O4/c1-15(2)20(24-21(25)18-11-7-8-12-19(18)28-4)22(26)23-13-16-9-5-6-10-17(16)14-27-3/h5-12,15,20H,13-14H2,1-4H3,(H,23,26)(H,24,25). The molecule has 1 unspecified atom stereocenters. The Kier molecular flexibility index (Phi) is 8.02. The zero-order chi connectivity index (χ0) is 20.5. The highest BCUT2D eigenvalue weighted by atomic mass is 16.5. The summed E-state index contributed by atoms with van der Waals surface area (Å²) in [4.78, 5) is 25.4. The third-order valence-corrected chi connectivity index (χ3v) is 4.46. The van der Waals surface area contributed by atoms with Crippen LogP contribution in [0.5, 0.6) is 5.75 Å². The van der Waals surface area contributed by atoms with Crippen LogP contribution in [0.25, 0.3) is 0 Å². The molecule has 6 heteroatoms. The molecule has 150 valence electrons. The minimum Gasteiger partial charge on any atom is -0.496 e. The molecule has 2 aromatic carbocycles. The van der Waals surface area contributed by atoms with Crippen molar-refractivity contribution >= 4 is 11.8 Å². The normalized spacial score (nSPS) is 11.8. The molecule has 1 atom stereocenters. The molecule has 6 nitrogen and oxygen atoms in total. The van der Waals surface area contributed by atoms with E-state index in [-0.39, 0.29) is 17.7 Å². The van der Waals surface area contributed by atoms with Crippen LogP contribution < -0.4 is 15.4 Å². The van der Waals surface area contributed by atoms with Gasteiger partial charge in [0.1, 0.15) is 11.8 Å². The van der Waals surface area contributed by atoms with Crippen molar-refractivity contribution in [2.45, 2.75) is 33.0 Å². The molecule has 2 aromatic rings. The van der Waals surface area contributed by atoms with E-state index in [9.17, 15) is 9.59 Å². The van der Waals surface area contributed by atoms with Crippen molar-refractivity contribution in [1.82, 2.24) is 10.6 Å². The second-order valence-corrected chi connectivity index (χ2v) is 6.81. The van der Waals surface area contributed by atoms with E-state index in [0.717, 1.165) is 11.1 Å². The Morgan fingerprint density at radius 3 is 2.25 bits per heavy atom.